The number of hydrogen-bond acceptors (Lipinski definition) is 33. The number of benzene rings is 4. The number of rotatable bonds is 65. The van der Waals surface area contributed by atoms with Crippen LogP contribution in [0.2, 0.25) is 0 Å². The van der Waals surface area contributed by atoms with Gasteiger partial charge >= 0.3 is 12.1 Å². The SMILES string of the molecule is CCCCc1nc2c(NC(=O)OCc3ccc(O[C@H]4O[C@H](CO)[C@@H](O)[C@H](O)[C@@H]4O)cc3)nc3cc(C(=O)O)ccc3c2n1Cc1ccc(C[N+](C)(C)Cc2ccc(O[C@H]3O[C@H](CO)[C@@H](O)[C@H](O)[C@@H]3O)c(NC(=O)CCNC(=O)[C@@H](N)CCCCNC(=O)CCOCCOCCOCCOCCOCCOCCOCCOCCOCCOCCOCCOC)c2)cc1. The predicted octanol–water partition coefficient (Wildman–Crippen LogP) is 1.83. The Balaban J connectivity index is 0.714. The van der Waals surface area contributed by atoms with Crippen LogP contribution in [0, 0.1) is 0 Å². The second-order valence-corrected chi connectivity index (χ2v) is 30.8. The van der Waals surface area contributed by atoms with E-state index in [0.717, 1.165) is 29.5 Å². The van der Waals surface area contributed by atoms with Gasteiger partial charge in [0.1, 0.15) is 91.4 Å². The number of ether oxygens (including phenoxy) is 17. The van der Waals surface area contributed by atoms with Crippen molar-refractivity contribution in [2.45, 2.75) is 152 Å². The Labute approximate surface area is 738 Å². The number of carboxylic acids is 1. The maximum atomic E-state index is 13.7. The zero-order valence-corrected chi connectivity index (χ0v) is 72.9. The first-order valence-corrected chi connectivity index (χ1v) is 43.0. The Hall–Kier alpha value is -8.45. The number of hydrogen-bond donors (Lipinski definition) is 14. The summed E-state index contributed by atoms with van der Waals surface area (Å²) in [5, 5.41) is 104. The van der Waals surface area contributed by atoms with Gasteiger partial charge < -0.3 is 157 Å². The molecule has 8 rings (SSSR count). The molecule has 2 aliphatic rings. The summed E-state index contributed by atoms with van der Waals surface area (Å²) in [6, 6.07) is 23.0. The first-order chi connectivity index (χ1) is 61.5. The number of aryl methyl sites for hydroxylation is 1. The summed E-state index contributed by atoms with van der Waals surface area (Å²) in [5.74, 6) is -1.41. The van der Waals surface area contributed by atoms with Crippen molar-refractivity contribution in [2.75, 3.05) is 210 Å². The molecule has 4 amide bonds. The summed E-state index contributed by atoms with van der Waals surface area (Å²) < 4.78 is 96.3. The number of aromatic nitrogens is 3. The maximum absolute atomic E-state index is 13.7. The molecule has 2 aliphatic heterocycles. The minimum Gasteiger partial charge on any atom is -0.478 e. The molecule has 15 N–H and O–H groups in total. The third-order valence-electron chi connectivity index (χ3n) is 20.2. The molecule has 40 heteroatoms. The molecule has 0 spiro atoms. The lowest BCUT2D eigenvalue weighted by Gasteiger charge is -2.39. The number of carbonyl (C=O) groups is 5. The number of carbonyl (C=O) groups excluding carboxylic acids is 4. The largest absolute Gasteiger partial charge is 0.478 e. The molecular formula is C87H130N9O31+. The van der Waals surface area contributed by atoms with Crippen molar-refractivity contribution < 1.29 is 155 Å². The molecule has 0 unspecified atom stereocenters. The lowest BCUT2D eigenvalue weighted by molar-refractivity contribution is -0.916. The van der Waals surface area contributed by atoms with Crippen LogP contribution in [0.25, 0.3) is 21.9 Å². The lowest BCUT2D eigenvalue weighted by atomic mass is 9.99. The van der Waals surface area contributed by atoms with Crippen molar-refractivity contribution in [3.8, 4) is 11.5 Å². The van der Waals surface area contributed by atoms with E-state index in [0.29, 0.717) is 230 Å². The van der Waals surface area contributed by atoms with Gasteiger partial charge in [0, 0.05) is 62.5 Å². The van der Waals surface area contributed by atoms with Crippen LogP contribution in [0.15, 0.2) is 84.9 Å². The Morgan fingerprint density at radius 3 is 1.54 bits per heavy atom. The van der Waals surface area contributed by atoms with E-state index in [2.05, 4.69) is 28.2 Å². The van der Waals surface area contributed by atoms with Gasteiger partial charge in [-0.2, -0.15) is 0 Å². The van der Waals surface area contributed by atoms with Crippen molar-refractivity contribution in [1.29, 1.82) is 0 Å². The first kappa shape index (κ1) is 104. The van der Waals surface area contributed by atoms with Crippen LogP contribution in [-0.4, -0.2) is 362 Å². The summed E-state index contributed by atoms with van der Waals surface area (Å²) in [4.78, 5) is 75.1. The number of imidazole rings is 1. The van der Waals surface area contributed by atoms with Gasteiger partial charge in [-0.05, 0) is 85.3 Å². The van der Waals surface area contributed by atoms with Crippen molar-refractivity contribution in [3.63, 3.8) is 0 Å². The number of aromatic carboxylic acids is 1. The molecule has 40 nitrogen and oxygen atoms in total. The van der Waals surface area contributed by atoms with E-state index in [1.54, 1.807) is 43.5 Å². The number of aliphatic hydroxyl groups excluding tert-OH is 8. The third kappa shape index (κ3) is 36.4. The Morgan fingerprint density at radius 1 is 0.520 bits per heavy atom. The van der Waals surface area contributed by atoms with Gasteiger partial charge in [0.2, 0.25) is 30.3 Å². The molecular weight excluding hydrogens is 1670 g/mol. The van der Waals surface area contributed by atoms with Gasteiger partial charge in [0.15, 0.2) is 5.82 Å². The van der Waals surface area contributed by atoms with Crippen molar-refractivity contribution in [1.82, 2.24) is 25.2 Å². The van der Waals surface area contributed by atoms with Crippen LogP contribution in [0.5, 0.6) is 11.5 Å². The van der Waals surface area contributed by atoms with Gasteiger partial charge in [-0.1, -0.05) is 49.7 Å². The highest BCUT2D eigenvalue weighted by atomic mass is 16.7. The monoisotopic (exact) mass is 1800 g/mol. The molecule has 127 heavy (non-hydrogen) atoms. The molecule has 708 valence electrons. The summed E-state index contributed by atoms with van der Waals surface area (Å²) in [7, 11) is 5.68. The van der Waals surface area contributed by atoms with Gasteiger partial charge in [-0.25, -0.2) is 19.6 Å². The topological polar surface area (TPSA) is 529 Å². The molecule has 4 heterocycles. The van der Waals surface area contributed by atoms with Gasteiger partial charge in [0.25, 0.3) is 0 Å². The van der Waals surface area contributed by atoms with Crippen molar-refractivity contribution >= 4 is 63.2 Å². The lowest BCUT2D eigenvalue weighted by Crippen LogP contribution is -2.60. The maximum Gasteiger partial charge on any atom is 0.413 e. The molecule has 0 bridgehead atoms. The van der Waals surface area contributed by atoms with Crippen LogP contribution < -0.4 is 36.5 Å². The minimum absolute atomic E-state index is 0.0271. The summed E-state index contributed by atoms with van der Waals surface area (Å²) in [6.07, 6.45) is -12.8. The molecule has 2 fully saturated rings. The summed E-state index contributed by atoms with van der Waals surface area (Å²) >= 11 is 0. The third-order valence-corrected chi connectivity index (χ3v) is 20.2. The number of anilines is 2. The number of nitrogens with zero attached hydrogens (tertiary/aromatic N) is 4. The number of methoxy groups -OCH3 is 1. The zero-order chi connectivity index (χ0) is 91.1. The van der Waals surface area contributed by atoms with Gasteiger partial charge in [-0.15, -0.1) is 0 Å². The molecule has 0 radical (unpaired) electrons. The van der Waals surface area contributed by atoms with E-state index in [4.69, 9.17) is 96.2 Å². The normalized spacial score (nSPS) is 19.2. The number of nitrogens with one attached hydrogen (secondary N) is 4. The number of amides is 4. The van der Waals surface area contributed by atoms with E-state index in [9.17, 15) is 69.9 Å². The number of fused-ring (bicyclic) bond motifs is 3. The predicted molar refractivity (Wildman–Crippen MR) is 458 cm³/mol. The Morgan fingerprint density at radius 2 is 1.02 bits per heavy atom. The van der Waals surface area contributed by atoms with Crippen LogP contribution in [-0.2, 0) is 118 Å². The second-order valence-electron chi connectivity index (χ2n) is 30.8. The second kappa shape index (κ2) is 57.6. The highest BCUT2D eigenvalue weighted by Crippen LogP contribution is 2.35. The van der Waals surface area contributed by atoms with Crippen LogP contribution in [0.3, 0.4) is 0 Å². The standard InChI is InChI=1S/C87H129N9O31/c1-5-6-10-71-93-74-75(64-21-18-62(84(108)109)51-66(64)92-82(74)94-87(110)123-57-60-15-19-63(20-16-60)124-85-80(105)78(103)76(101)69(55-97)126-85)95(71)52-58-11-13-59(14-12-58)53-96(2,3)54-61-17-22-68(125-86-81(106)79(104)77(102)70(56-98)127-86)67(50-61)91-73(100)23-26-90-83(107)65(88)9-7-8-25-89-72(99)24-27-112-30-31-114-34-35-116-38-39-118-42-43-120-46-47-122-49-48-121-45-44-119-41-40-117-37-36-115-33-32-113-29-28-111-4/h11-22,50-51,65,69-70,76-81,85-86,97-98,101-106H,5-10,23-49,52-57,88H2,1-4H3,(H4-,89,90,91,92,94,99,100,107,108,109,110)/p+1/t65-,69+,70+,76+,77+,78-,79-,80-,81-,85-,86-/m0/s1. The van der Waals surface area contributed by atoms with Gasteiger partial charge in [0.05, 0.1) is 208 Å². The summed E-state index contributed by atoms with van der Waals surface area (Å²) in [6.45, 7) is 12.2. The fourth-order valence-corrected chi connectivity index (χ4v) is 13.4. The molecule has 2 saturated heterocycles. The molecule has 0 aliphatic carbocycles. The fourth-order valence-electron chi connectivity index (χ4n) is 13.4. The fraction of sp³-hybridized carbons (Fsp3) is 0.621. The Bertz CT molecular complexity index is 4190. The van der Waals surface area contributed by atoms with Crippen molar-refractivity contribution in [2.24, 2.45) is 5.73 Å². The zero-order valence-electron chi connectivity index (χ0n) is 72.9. The van der Waals surface area contributed by atoms with E-state index < -0.39 is 105 Å². The highest BCUT2D eigenvalue weighted by Gasteiger charge is 2.46. The van der Waals surface area contributed by atoms with E-state index >= 15 is 0 Å². The van der Waals surface area contributed by atoms with Crippen molar-refractivity contribution in [3.05, 3.63) is 119 Å². The molecule has 0 saturated carbocycles. The van der Waals surface area contributed by atoms with Crippen LogP contribution >= 0.6 is 0 Å². The minimum atomic E-state index is -1.76. The number of aliphatic hydroxyl groups is 8. The number of pyridine rings is 1. The molecule has 11 atom stereocenters. The average Bonchev–Trinajstić information content (AvgIpc) is 1.62. The number of nitrogens with two attached hydrogens (primary N) is 1. The first-order valence-electron chi connectivity index (χ1n) is 43.0. The summed E-state index contributed by atoms with van der Waals surface area (Å²) in [5.41, 5.74) is 10.7. The quantitative estimate of drug-likeness (QED) is 0.0191. The number of carboxylic acid groups (broad SMARTS) is 1. The molecule has 4 aromatic carbocycles. The number of unbranched alkanes of at least 4 members (excludes halogenated alkanes) is 2. The average molecular weight is 1800 g/mol. The van der Waals surface area contributed by atoms with E-state index in [-0.39, 0.29) is 72.6 Å². The molecule has 2 aromatic heterocycles. The highest BCUT2D eigenvalue weighted by molar-refractivity contribution is 6.10. The van der Waals surface area contributed by atoms with E-state index in [1.165, 1.54) is 24.3 Å². The van der Waals surface area contributed by atoms with Gasteiger partial charge in [-0.3, -0.25) is 19.7 Å². The van der Waals surface area contributed by atoms with Crippen LogP contribution in [0.1, 0.15) is 90.3 Å². The smallest absolute Gasteiger partial charge is 0.413 e. The Kier molecular flexibility index (Phi) is 47.1. The molecule has 6 aromatic rings. The van der Waals surface area contributed by atoms with Crippen LogP contribution in [0.4, 0.5) is 16.3 Å². The van der Waals surface area contributed by atoms with E-state index in [1.807, 2.05) is 42.9 Å². The number of quaternary nitrogens is 1.